The Hall–Kier alpha value is -3.15. The van der Waals surface area contributed by atoms with Gasteiger partial charge in [-0.1, -0.05) is 63.2 Å². The third kappa shape index (κ3) is 5.80. The minimum atomic E-state index is -0.702. The second kappa shape index (κ2) is 11.7. The number of rotatable bonds is 9. The van der Waals surface area contributed by atoms with Gasteiger partial charge in [0.15, 0.2) is 0 Å². The first-order chi connectivity index (χ1) is 17.4. The van der Waals surface area contributed by atoms with E-state index in [0.717, 1.165) is 32.2 Å². The zero-order valence-electron chi connectivity index (χ0n) is 21.8. The molecule has 3 atom stereocenters. The smallest absolute Gasteiger partial charge is 0.254 e. The molecule has 1 saturated heterocycles. The monoisotopic (exact) mass is 489 g/mol. The van der Waals surface area contributed by atoms with Crippen LogP contribution in [0, 0.1) is 11.8 Å². The summed E-state index contributed by atoms with van der Waals surface area (Å²) in [6.07, 6.45) is 4.29. The molecule has 2 aromatic rings. The van der Waals surface area contributed by atoms with Crippen LogP contribution in [0.1, 0.15) is 68.8 Å². The summed E-state index contributed by atoms with van der Waals surface area (Å²) in [4.78, 5) is 43.6. The van der Waals surface area contributed by atoms with Gasteiger partial charge in [-0.3, -0.25) is 14.4 Å². The van der Waals surface area contributed by atoms with Crippen LogP contribution in [0.4, 0.5) is 5.69 Å². The molecule has 3 amide bonds. The van der Waals surface area contributed by atoms with Gasteiger partial charge < -0.3 is 15.1 Å². The van der Waals surface area contributed by atoms with E-state index in [9.17, 15) is 14.4 Å². The number of nitrogens with one attached hydrogen (secondary N) is 1. The van der Waals surface area contributed by atoms with E-state index in [4.69, 9.17) is 0 Å². The fraction of sp³-hybridized carbons (Fsp3) is 0.500. The average Bonchev–Trinajstić information content (AvgIpc) is 3.22. The van der Waals surface area contributed by atoms with Gasteiger partial charge in [0.05, 0.1) is 11.3 Å². The number of amides is 3. The second-order valence-electron chi connectivity index (χ2n) is 10.6. The Balaban J connectivity index is 1.45. The Labute approximate surface area is 215 Å². The van der Waals surface area contributed by atoms with Crippen molar-refractivity contribution < 1.29 is 14.4 Å². The lowest BCUT2D eigenvalue weighted by molar-refractivity contribution is -0.133. The lowest BCUT2D eigenvalue weighted by Crippen LogP contribution is -2.47. The quantitative estimate of drug-likeness (QED) is 0.549. The molecule has 6 nitrogen and oxygen atoms in total. The van der Waals surface area contributed by atoms with Crippen molar-refractivity contribution in [3.8, 4) is 0 Å². The predicted octanol–water partition coefficient (Wildman–Crippen LogP) is 4.83. The zero-order valence-corrected chi connectivity index (χ0v) is 21.8. The highest BCUT2D eigenvalue weighted by atomic mass is 16.2. The Morgan fingerprint density at radius 3 is 2.50 bits per heavy atom. The number of hydrogen-bond donors (Lipinski definition) is 1. The molecule has 0 aliphatic carbocycles. The van der Waals surface area contributed by atoms with Crippen LogP contribution < -0.4 is 10.2 Å². The number of fused-ring (bicyclic) bond motifs is 1. The molecular weight excluding hydrogens is 450 g/mol. The highest BCUT2D eigenvalue weighted by Crippen LogP contribution is 2.33. The topological polar surface area (TPSA) is 69.7 Å². The zero-order chi connectivity index (χ0) is 25.7. The SMILES string of the molecule is CCCN1C(=O)C(CCC(=O)N2CCC(Cc3ccccc3)C2CC(C)C)NC(=O)c2ccccc21. The van der Waals surface area contributed by atoms with Gasteiger partial charge in [0.1, 0.15) is 6.04 Å². The number of likely N-dealkylation sites (tertiary alicyclic amines) is 1. The van der Waals surface area contributed by atoms with Crippen molar-refractivity contribution in [1.29, 1.82) is 0 Å². The van der Waals surface area contributed by atoms with Gasteiger partial charge in [0.2, 0.25) is 11.8 Å². The number of carbonyl (C=O) groups excluding carboxylic acids is 3. The van der Waals surface area contributed by atoms with Crippen molar-refractivity contribution in [1.82, 2.24) is 10.2 Å². The Morgan fingerprint density at radius 1 is 1.06 bits per heavy atom. The molecule has 0 bridgehead atoms. The van der Waals surface area contributed by atoms with Gasteiger partial charge in [0, 0.05) is 25.6 Å². The van der Waals surface area contributed by atoms with Crippen molar-refractivity contribution in [2.45, 2.75) is 71.4 Å². The van der Waals surface area contributed by atoms with Gasteiger partial charge in [-0.2, -0.15) is 0 Å². The second-order valence-corrected chi connectivity index (χ2v) is 10.6. The first-order valence-corrected chi connectivity index (χ1v) is 13.4. The van der Waals surface area contributed by atoms with Crippen LogP contribution in [0.5, 0.6) is 0 Å². The molecule has 36 heavy (non-hydrogen) atoms. The number of benzene rings is 2. The van der Waals surface area contributed by atoms with Crippen LogP contribution in [0.3, 0.4) is 0 Å². The number of hydrogen-bond acceptors (Lipinski definition) is 3. The van der Waals surface area contributed by atoms with E-state index in [2.05, 4.69) is 48.3 Å². The summed E-state index contributed by atoms with van der Waals surface area (Å²) in [6, 6.07) is 17.2. The van der Waals surface area contributed by atoms with Gasteiger partial charge in [-0.15, -0.1) is 0 Å². The molecule has 2 aliphatic rings. The van der Waals surface area contributed by atoms with Crippen LogP contribution in [0.2, 0.25) is 0 Å². The fourth-order valence-corrected chi connectivity index (χ4v) is 5.75. The van der Waals surface area contributed by atoms with E-state index in [1.54, 1.807) is 11.0 Å². The van der Waals surface area contributed by atoms with E-state index in [0.29, 0.717) is 36.1 Å². The molecule has 1 fully saturated rings. The van der Waals surface area contributed by atoms with Gasteiger partial charge in [-0.05, 0) is 61.6 Å². The maximum atomic E-state index is 13.5. The van der Waals surface area contributed by atoms with Crippen LogP contribution >= 0.6 is 0 Å². The molecular formula is C30H39N3O3. The molecule has 3 unspecified atom stereocenters. The third-order valence-electron chi connectivity index (χ3n) is 7.46. The third-order valence-corrected chi connectivity index (χ3v) is 7.46. The number of carbonyl (C=O) groups is 3. The summed E-state index contributed by atoms with van der Waals surface area (Å²) < 4.78 is 0. The van der Waals surface area contributed by atoms with E-state index in [1.165, 1.54) is 5.56 Å². The molecule has 4 rings (SSSR count). The Bertz CT molecular complexity index is 1070. The Kier molecular flexibility index (Phi) is 8.44. The van der Waals surface area contributed by atoms with Crippen molar-refractivity contribution >= 4 is 23.4 Å². The number of nitrogens with zero attached hydrogens (tertiary/aromatic N) is 2. The molecule has 6 heteroatoms. The van der Waals surface area contributed by atoms with E-state index in [-0.39, 0.29) is 30.2 Å². The summed E-state index contributed by atoms with van der Waals surface area (Å²) in [5.41, 5.74) is 2.47. The molecule has 2 aliphatic heterocycles. The standard InChI is InChI=1S/C30H39N3O3/c1-4-17-33-26-13-9-8-12-24(26)29(35)31-25(30(33)36)14-15-28(34)32-18-16-23(27(32)19-21(2)3)20-22-10-6-5-7-11-22/h5-13,21,23,25,27H,4,14-20H2,1-3H3,(H,31,35). The predicted molar refractivity (Wildman–Crippen MR) is 143 cm³/mol. The molecule has 0 radical (unpaired) electrons. The highest BCUT2D eigenvalue weighted by molar-refractivity contribution is 6.11. The largest absolute Gasteiger partial charge is 0.340 e. The van der Waals surface area contributed by atoms with Crippen LogP contribution in [0.25, 0.3) is 0 Å². The summed E-state index contributed by atoms with van der Waals surface area (Å²) in [6.45, 7) is 7.73. The van der Waals surface area contributed by atoms with Crippen molar-refractivity contribution in [3.05, 3.63) is 65.7 Å². The summed E-state index contributed by atoms with van der Waals surface area (Å²) in [5, 5.41) is 2.90. The summed E-state index contributed by atoms with van der Waals surface area (Å²) >= 11 is 0. The van der Waals surface area contributed by atoms with Crippen molar-refractivity contribution in [2.24, 2.45) is 11.8 Å². The first-order valence-electron chi connectivity index (χ1n) is 13.4. The summed E-state index contributed by atoms with van der Waals surface area (Å²) in [7, 11) is 0. The molecule has 2 heterocycles. The normalized spacial score (nSPS) is 21.9. The van der Waals surface area contributed by atoms with Gasteiger partial charge in [0.25, 0.3) is 5.91 Å². The van der Waals surface area contributed by atoms with E-state index >= 15 is 0 Å². The Morgan fingerprint density at radius 2 is 1.78 bits per heavy atom. The maximum Gasteiger partial charge on any atom is 0.254 e. The lowest BCUT2D eigenvalue weighted by Gasteiger charge is -2.31. The first kappa shape index (κ1) is 25.9. The molecule has 192 valence electrons. The maximum absolute atomic E-state index is 13.5. The van der Waals surface area contributed by atoms with E-state index in [1.807, 2.05) is 31.2 Å². The number of para-hydroxylation sites is 1. The highest BCUT2D eigenvalue weighted by Gasteiger charge is 2.38. The fourth-order valence-electron chi connectivity index (χ4n) is 5.75. The number of anilines is 1. The van der Waals surface area contributed by atoms with Crippen molar-refractivity contribution in [3.63, 3.8) is 0 Å². The molecule has 0 spiro atoms. The van der Waals surface area contributed by atoms with Crippen molar-refractivity contribution in [2.75, 3.05) is 18.0 Å². The minimum Gasteiger partial charge on any atom is -0.340 e. The van der Waals surface area contributed by atoms with E-state index < -0.39 is 6.04 Å². The molecule has 2 aromatic carbocycles. The lowest BCUT2D eigenvalue weighted by atomic mass is 9.87. The molecule has 1 N–H and O–H groups in total. The molecule has 0 saturated carbocycles. The minimum absolute atomic E-state index is 0.0852. The summed E-state index contributed by atoms with van der Waals surface area (Å²) in [5.74, 6) is 0.627. The van der Waals surface area contributed by atoms with Crippen LogP contribution in [-0.2, 0) is 16.0 Å². The van der Waals surface area contributed by atoms with Crippen LogP contribution in [-0.4, -0.2) is 47.8 Å². The van der Waals surface area contributed by atoms with Crippen LogP contribution in [0.15, 0.2) is 54.6 Å². The molecule has 0 aromatic heterocycles. The van der Waals surface area contributed by atoms with Gasteiger partial charge in [-0.25, -0.2) is 0 Å². The van der Waals surface area contributed by atoms with Gasteiger partial charge >= 0.3 is 0 Å². The average molecular weight is 490 g/mol.